The molecule has 7 nitrogen and oxygen atoms in total. The number of amides is 2. The largest absolute Gasteiger partial charge is 0.496 e. The third-order valence-electron chi connectivity index (χ3n) is 4.73. The zero-order valence-electron chi connectivity index (χ0n) is 14.3. The van der Waals surface area contributed by atoms with Crippen molar-refractivity contribution in [1.82, 2.24) is 10.3 Å². The van der Waals surface area contributed by atoms with E-state index in [1.807, 2.05) is 6.07 Å². The van der Waals surface area contributed by atoms with E-state index in [9.17, 15) is 9.59 Å². The molecule has 0 saturated carbocycles. The lowest BCUT2D eigenvalue weighted by Gasteiger charge is -2.19. The summed E-state index contributed by atoms with van der Waals surface area (Å²) in [5, 5.41) is 8.00. The molecular weight excluding hydrogens is 320 g/mol. The molecule has 0 radical (unpaired) electrons. The molecule has 1 aromatic carbocycles. The van der Waals surface area contributed by atoms with E-state index in [2.05, 4.69) is 22.5 Å². The maximum Gasteiger partial charge on any atom is 0.252 e. The molecule has 1 aromatic heterocycles. The Kier molecular flexibility index (Phi) is 4.74. The minimum atomic E-state index is -0.537. The smallest absolute Gasteiger partial charge is 0.252 e. The van der Waals surface area contributed by atoms with Crippen LogP contribution in [0.15, 0.2) is 24.4 Å². The van der Waals surface area contributed by atoms with Crippen LogP contribution >= 0.6 is 0 Å². The number of carbonyl (C=O) groups is 2. The molecule has 4 N–H and O–H groups in total. The highest BCUT2D eigenvalue weighted by atomic mass is 16.5. The number of pyridine rings is 1. The van der Waals surface area contributed by atoms with Gasteiger partial charge in [0.25, 0.3) is 5.91 Å². The van der Waals surface area contributed by atoms with Crippen molar-refractivity contribution in [3.05, 3.63) is 30.0 Å². The Bertz CT molecular complexity index is 821. The predicted molar refractivity (Wildman–Crippen MR) is 95.6 cm³/mol. The normalized spacial score (nSPS) is 19.7. The average molecular weight is 342 g/mol. The van der Waals surface area contributed by atoms with Crippen LogP contribution < -0.4 is 21.1 Å². The summed E-state index contributed by atoms with van der Waals surface area (Å²) in [6, 6.07) is 5.37. The van der Waals surface area contributed by atoms with Gasteiger partial charge in [-0.25, -0.2) is 4.98 Å². The van der Waals surface area contributed by atoms with E-state index in [0.29, 0.717) is 36.0 Å². The summed E-state index contributed by atoms with van der Waals surface area (Å²) in [6.07, 6.45) is 3.19. The lowest BCUT2D eigenvalue weighted by Crippen LogP contribution is -2.35. The molecule has 132 valence electrons. The number of methoxy groups -OCH3 is 1. The molecule has 1 saturated heterocycles. The Morgan fingerprint density at radius 1 is 1.48 bits per heavy atom. The topological polar surface area (TPSA) is 106 Å². The molecule has 2 heterocycles. The molecule has 1 aliphatic heterocycles. The molecule has 7 heteroatoms. The Morgan fingerprint density at radius 2 is 2.28 bits per heavy atom. The quantitative estimate of drug-likeness (QED) is 0.740. The van der Waals surface area contributed by atoms with Crippen molar-refractivity contribution in [3.8, 4) is 5.75 Å². The van der Waals surface area contributed by atoms with Gasteiger partial charge in [-0.1, -0.05) is 13.3 Å². The Labute approximate surface area is 145 Å². The van der Waals surface area contributed by atoms with Gasteiger partial charge in [0.2, 0.25) is 5.91 Å². The monoisotopic (exact) mass is 342 g/mol. The number of rotatable bonds is 6. The van der Waals surface area contributed by atoms with Gasteiger partial charge in [0.05, 0.1) is 12.7 Å². The van der Waals surface area contributed by atoms with Crippen molar-refractivity contribution in [1.29, 1.82) is 0 Å². The number of nitrogens with one attached hydrogen (secondary N) is 2. The summed E-state index contributed by atoms with van der Waals surface area (Å²) >= 11 is 0. The van der Waals surface area contributed by atoms with Crippen LogP contribution in [0.4, 0.5) is 5.82 Å². The molecular formula is C18H22N4O3. The maximum absolute atomic E-state index is 11.6. The van der Waals surface area contributed by atoms with E-state index in [4.69, 9.17) is 10.5 Å². The first-order chi connectivity index (χ1) is 12.0. The van der Waals surface area contributed by atoms with E-state index in [1.54, 1.807) is 18.3 Å². The van der Waals surface area contributed by atoms with Crippen molar-refractivity contribution in [2.45, 2.75) is 25.8 Å². The van der Waals surface area contributed by atoms with Crippen molar-refractivity contribution >= 4 is 28.4 Å². The van der Waals surface area contributed by atoms with Crippen molar-refractivity contribution < 1.29 is 14.3 Å². The number of anilines is 1. The van der Waals surface area contributed by atoms with E-state index in [0.717, 1.165) is 17.2 Å². The number of carbonyl (C=O) groups excluding carboxylic acids is 2. The predicted octanol–water partition coefficient (Wildman–Crippen LogP) is 1.67. The number of nitrogens with two attached hydrogens (primary N) is 1. The SMILES string of the molecule is CC[C@@H]1CC(=O)N[C@@H]1CNc1nccc2cc(C(N)=O)c(OC)cc12. The third-order valence-corrected chi connectivity index (χ3v) is 4.73. The summed E-state index contributed by atoms with van der Waals surface area (Å²) < 4.78 is 5.28. The van der Waals surface area contributed by atoms with Crippen LogP contribution in [0, 0.1) is 5.92 Å². The molecule has 1 fully saturated rings. The molecule has 2 aromatic rings. The number of aromatic nitrogens is 1. The third kappa shape index (κ3) is 3.35. The number of nitrogens with zero attached hydrogens (tertiary/aromatic N) is 1. The molecule has 0 unspecified atom stereocenters. The second-order valence-corrected chi connectivity index (χ2v) is 6.22. The number of hydrogen-bond acceptors (Lipinski definition) is 5. The standard InChI is InChI=1S/C18H22N4O3/c1-3-10-7-16(23)22-14(10)9-21-18-12-8-15(25-2)13(17(19)24)6-11(12)4-5-20-18/h4-6,8,10,14H,3,7,9H2,1-2H3,(H2,19,24)(H,20,21)(H,22,23)/t10-,14-/m1/s1. The minimum absolute atomic E-state index is 0.0846. The van der Waals surface area contributed by atoms with Crippen molar-refractivity contribution in [3.63, 3.8) is 0 Å². The fourth-order valence-corrected chi connectivity index (χ4v) is 3.32. The molecule has 2 atom stereocenters. The highest BCUT2D eigenvalue weighted by Crippen LogP contribution is 2.30. The van der Waals surface area contributed by atoms with Crippen molar-refractivity contribution in [2.24, 2.45) is 11.7 Å². The van der Waals surface area contributed by atoms with Crippen LogP contribution in [-0.4, -0.2) is 36.5 Å². The molecule has 25 heavy (non-hydrogen) atoms. The van der Waals surface area contributed by atoms with Gasteiger partial charge >= 0.3 is 0 Å². The van der Waals surface area contributed by atoms with E-state index >= 15 is 0 Å². The zero-order valence-corrected chi connectivity index (χ0v) is 14.3. The van der Waals surface area contributed by atoms with Crippen LogP contribution in [0.2, 0.25) is 0 Å². The van der Waals surface area contributed by atoms with Gasteiger partial charge in [0.1, 0.15) is 11.6 Å². The number of primary amides is 1. The summed E-state index contributed by atoms with van der Waals surface area (Å²) in [5.41, 5.74) is 5.75. The number of benzene rings is 1. The van der Waals surface area contributed by atoms with E-state index < -0.39 is 5.91 Å². The fraction of sp³-hybridized carbons (Fsp3) is 0.389. The minimum Gasteiger partial charge on any atom is -0.496 e. The van der Waals surface area contributed by atoms with E-state index in [1.165, 1.54) is 7.11 Å². The Morgan fingerprint density at radius 3 is 2.96 bits per heavy atom. The maximum atomic E-state index is 11.6. The number of ether oxygens (including phenoxy) is 1. The van der Waals surface area contributed by atoms with Crippen molar-refractivity contribution in [2.75, 3.05) is 19.0 Å². The molecule has 0 spiro atoms. The molecule has 3 rings (SSSR count). The van der Waals surface area contributed by atoms with Crippen LogP contribution in [0.1, 0.15) is 30.1 Å². The molecule has 1 aliphatic rings. The van der Waals surface area contributed by atoms with Crippen LogP contribution in [0.25, 0.3) is 10.8 Å². The summed E-state index contributed by atoms with van der Waals surface area (Å²) in [4.78, 5) is 27.6. The first-order valence-electron chi connectivity index (χ1n) is 8.33. The van der Waals surface area contributed by atoms with Gasteiger partial charge in [-0.05, 0) is 29.5 Å². The highest BCUT2D eigenvalue weighted by Gasteiger charge is 2.30. The summed E-state index contributed by atoms with van der Waals surface area (Å²) in [5.74, 6) is 0.979. The molecule has 2 amide bonds. The molecule has 0 bridgehead atoms. The van der Waals surface area contributed by atoms with Gasteiger partial charge in [-0.15, -0.1) is 0 Å². The average Bonchev–Trinajstić information content (AvgIpc) is 2.98. The Hall–Kier alpha value is -2.83. The van der Waals surface area contributed by atoms with Gasteiger partial charge in [-0.3, -0.25) is 9.59 Å². The second-order valence-electron chi connectivity index (χ2n) is 6.22. The summed E-state index contributed by atoms with van der Waals surface area (Å²) in [6.45, 7) is 2.68. The van der Waals surface area contributed by atoms with Crippen LogP contribution in [-0.2, 0) is 4.79 Å². The lowest BCUT2D eigenvalue weighted by molar-refractivity contribution is -0.119. The van der Waals surface area contributed by atoms with Gasteiger partial charge in [0, 0.05) is 30.6 Å². The number of hydrogen-bond donors (Lipinski definition) is 3. The fourth-order valence-electron chi connectivity index (χ4n) is 3.32. The van der Waals surface area contributed by atoms with Crippen LogP contribution in [0.3, 0.4) is 0 Å². The summed E-state index contributed by atoms with van der Waals surface area (Å²) in [7, 11) is 1.50. The lowest BCUT2D eigenvalue weighted by atomic mass is 9.97. The van der Waals surface area contributed by atoms with E-state index in [-0.39, 0.29) is 11.9 Å². The van der Waals surface area contributed by atoms with Crippen LogP contribution in [0.5, 0.6) is 5.75 Å². The highest BCUT2D eigenvalue weighted by molar-refractivity contribution is 6.03. The first kappa shape index (κ1) is 17.0. The second kappa shape index (κ2) is 6.96. The van der Waals surface area contributed by atoms with Gasteiger partial charge in [0.15, 0.2) is 0 Å². The molecule has 0 aliphatic carbocycles. The van der Waals surface area contributed by atoms with Gasteiger partial charge < -0.3 is 21.1 Å². The zero-order chi connectivity index (χ0) is 18.0. The number of fused-ring (bicyclic) bond motifs is 1. The van der Waals surface area contributed by atoms with Gasteiger partial charge in [-0.2, -0.15) is 0 Å². The first-order valence-corrected chi connectivity index (χ1v) is 8.33. The Balaban J connectivity index is 1.89.